The van der Waals surface area contributed by atoms with Gasteiger partial charge in [0, 0.05) is 20.3 Å². The third-order valence-corrected chi connectivity index (χ3v) is 9.10. The maximum absolute atomic E-state index is 12.8. The first-order valence-corrected chi connectivity index (χ1v) is 17.8. The molecule has 0 amide bonds. The van der Waals surface area contributed by atoms with Gasteiger partial charge in [-0.25, -0.2) is 0 Å². The lowest BCUT2D eigenvalue weighted by Crippen LogP contribution is -2.65. The molecule has 0 radical (unpaired) electrons. The molecule has 4 rings (SSSR count). The Morgan fingerprint density at radius 3 is 1.65 bits per heavy atom. The number of hydrogen-bond donors (Lipinski definition) is 4. The second kappa shape index (κ2) is 21.3. The highest BCUT2D eigenvalue weighted by atomic mass is 16.8. The van der Waals surface area contributed by atoms with Gasteiger partial charge >= 0.3 is 17.9 Å². The first kappa shape index (κ1) is 40.5. The van der Waals surface area contributed by atoms with E-state index in [2.05, 4.69) is 0 Å². The number of ether oxygens (including phenoxy) is 7. The van der Waals surface area contributed by atoms with Gasteiger partial charge in [0.15, 0.2) is 18.7 Å². The number of aliphatic hydroxyl groups excluding tert-OH is 4. The van der Waals surface area contributed by atoms with Gasteiger partial charge in [-0.15, -0.1) is 0 Å². The molecule has 0 unspecified atom stereocenters. The number of aliphatic hydroxyl groups is 4. The van der Waals surface area contributed by atoms with Crippen molar-refractivity contribution in [2.45, 2.75) is 185 Å². The quantitative estimate of drug-likeness (QED) is 0.248. The molecule has 0 aromatic rings. The topological polar surface area (TPSA) is 197 Å². The SMILES string of the molecule is CC(=O)OC[C@H]1O[C@H]2O[C@@H](C)CCCCCCCCCCCCCCCC(=O)O[C@H]3[C@H](O)[C@@H](O)[C@H](O[C@@H]2[C@@H](O)[C@@H]1O)O[C@@H]3COC(C)=O. The molecule has 0 aliphatic carbocycles. The lowest BCUT2D eigenvalue weighted by atomic mass is 9.97. The average molecular weight is 691 g/mol. The largest absolute Gasteiger partial charge is 0.463 e. The minimum absolute atomic E-state index is 0.106. The van der Waals surface area contributed by atoms with E-state index in [9.17, 15) is 34.8 Å². The molecule has 0 aromatic heterocycles. The smallest absolute Gasteiger partial charge is 0.306 e. The molecular formula is C34H58O14. The first-order valence-electron chi connectivity index (χ1n) is 17.8. The van der Waals surface area contributed by atoms with Gasteiger partial charge in [-0.05, 0) is 19.8 Å². The maximum atomic E-state index is 12.8. The number of esters is 3. The summed E-state index contributed by atoms with van der Waals surface area (Å²) in [7, 11) is 0. The molecule has 11 atom stereocenters. The van der Waals surface area contributed by atoms with Crippen molar-refractivity contribution in [3.05, 3.63) is 0 Å². The van der Waals surface area contributed by atoms with Gasteiger partial charge in [-0.2, -0.15) is 0 Å². The summed E-state index contributed by atoms with van der Waals surface area (Å²) < 4.78 is 39.7. The highest BCUT2D eigenvalue weighted by Crippen LogP contribution is 2.32. The van der Waals surface area contributed by atoms with Crippen molar-refractivity contribution in [3.8, 4) is 0 Å². The van der Waals surface area contributed by atoms with E-state index in [0.29, 0.717) is 12.8 Å². The fraction of sp³-hybridized carbons (Fsp3) is 0.912. The van der Waals surface area contributed by atoms with Gasteiger partial charge in [0.1, 0.15) is 55.9 Å². The Bertz CT molecular complexity index is 964. The van der Waals surface area contributed by atoms with E-state index in [-0.39, 0.29) is 19.1 Å². The summed E-state index contributed by atoms with van der Waals surface area (Å²) in [6, 6.07) is 0. The van der Waals surface area contributed by atoms with E-state index in [4.69, 9.17) is 33.2 Å². The minimum Gasteiger partial charge on any atom is -0.463 e. The summed E-state index contributed by atoms with van der Waals surface area (Å²) in [4.78, 5) is 35.8. The van der Waals surface area contributed by atoms with E-state index >= 15 is 0 Å². The van der Waals surface area contributed by atoms with Crippen LogP contribution in [0.5, 0.6) is 0 Å². The summed E-state index contributed by atoms with van der Waals surface area (Å²) in [5.41, 5.74) is 0. The Labute approximate surface area is 283 Å². The van der Waals surface area contributed by atoms with Crippen LogP contribution in [0.1, 0.15) is 117 Å². The normalized spacial score (nSPS) is 37.5. The number of hydrogen-bond acceptors (Lipinski definition) is 14. The van der Waals surface area contributed by atoms with Crippen molar-refractivity contribution in [2.75, 3.05) is 13.2 Å². The van der Waals surface area contributed by atoms with Gasteiger partial charge < -0.3 is 53.6 Å². The van der Waals surface area contributed by atoms with Crippen molar-refractivity contribution in [1.82, 2.24) is 0 Å². The van der Waals surface area contributed by atoms with Crippen LogP contribution in [-0.2, 0) is 47.5 Å². The van der Waals surface area contributed by atoms with E-state index in [1.54, 1.807) is 0 Å². The molecule has 48 heavy (non-hydrogen) atoms. The summed E-state index contributed by atoms with van der Waals surface area (Å²) in [5, 5.41) is 44.2. The lowest BCUT2D eigenvalue weighted by Gasteiger charge is -2.47. The molecule has 4 N–H and O–H groups in total. The molecule has 4 saturated heterocycles. The van der Waals surface area contributed by atoms with Crippen molar-refractivity contribution in [3.63, 3.8) is 0 Å². The average Bonchev–Trinajstić information content (AvgIpc) is 3.03. The summed E-state index contributed by atoms with van der Waals surface area (Å²) in [5.74, 6) is -1.84. The van der Waals surface area contributed by atoms with Crippen LogP contribution in [0, 0.1) is 0 Å². The molecule has 0 saturated carbocycles. The van der Waals surface area contributed by atoms with Crippen LogP contribution >= 0.6 is 0 Å². The molecule has 2 bridgehead atoms. The second-order valence-electron chi connectivity index (χ2n) is 13.3. The van der Waals surface area contributed by atoms with Crippen LogP contribution in [0.4, 0.5) is 0 Å². The van der Waals surface area contributed by atoms with Gasteiger partial charge in [0.05, 0.1) is 6.10 Å². The molecule has 4 aliphatic rings. The Morgan fingerprint density at radius 1 is 0.604 bits per heavy atom. The van der Waals surface area contributed by atoms with Crippen molar-refractivity contribution in [1.29, 1.82) is 0 Å². The Morgan fingerprint density at radius 2 is 1.08 bits per heavy atom. The number of rotatable bonds is 4. The fourth-order valence-corrected chi connectivity index (χ4v) is 6.30. The fourth-order valence-electron chi connectivity index (χ4n) is 6.30. The standard InChI is InChI=1S/C34H58O14/c1-21-17-15-13-11-9-7-5-4-6-8-10-12-14-16-18-26(37)47-31-25(20-43-23(3)36)46-33(30(41)29(31)40)48-32-28(39)27(38)24(19-42-22(2)35)45-34(32)44-21/h21,24-25,27-34,38-41H,4-20H2,1-3H3/t21-,24+,25+,27+,28-,29+,30+,31+,32+,33-,34+/m0/s1. The predicted molar refractivity (Wildman–Crippen MR) is 169 cm³/mol. The van der Waals surface area contributed by atoms with Crippen LogP contribution in [0.15, 0.2) is 0 Å². The third-order valence-electron chi connectivity index (χ3n) is 9.10. The molecule has 0 spiro atoms. The zero-order chi connectivity index (χ0) is 35.1. The molecule has 278 valence electrons. The van der Waals surface area contributed by atoms with Gasteiger partial charge in [-0.3, -0.25) is 14.4 Å². The first-order chi connectivity index (χ1) is 23.0. The molecule has 14 heteroatoms. The Kier molecular flexibility index (Phi) is 18.0. The minimum atomic E-state index is -1.78. The van der Waals surface area contributed by atoms with E-state index in [0.717, 1.165) is 38.5 Å². The monoisotopic (exact) mass is 690 g/mol. The third kappa shape index (κ3) is 13.4. The van der Waals surface area contributed by atoms with Crippen LogP contribution < -0.4 is 0 Å². The van der Waals surface area contributed by atoms with Crippen molar-refractivity contribution < 1.29 is 68.0 Å². The number of carbonyl (C=O) groups is 3. The van der Waals surface area contributed by atoms with E-state index < -0.39 is 85.9 Å². The highest BCUT2D eigenvalue weighted by Gasteiger charge is 2.53. The summed E-state index contributed by atoms with van der Waals surface area (Å²) in [6.45, 7) is 3.45. The van der Waals surface area contributed by atoms with Crippen LogP contribution in [0.2, 0.25) is 0 Å². The van der Waals surface area contributed by atoms with Crippen molar-refractivity contribution in [2.24, 2.45) is 0 Å². The summed E-state index contributed by atoms with van der Waals surface area (Å²) >= 11 is 0. The van der Waals surface area contributed by atoms with E-state index in [1.165, 1.54) is 52.4 Å². The molecule has 4 fully saturated rings. The van der Waals surface area contributed by atoms with E-state index in [1.807, 2.05) is 6.92 Å². The molecule has 14 nitrogen and oxygen atoms in total. The second-order valence-corrected chi connectivity index (χ2v) is 13.3. The molecule has 4 aliphatic heterocycles. The highest BCUT2D eigenvalue weighted by molar-refractivity contribution is 5.69. The lowest BCUT2D eigenvalue weighted by molar-refractivity contribution is -0.371. The van der Waals surface area contributed by atoms with Gasteiger partial charge in [-0.1, -0.05) is 77.0 Å². The van der Waals surface area contributed by atoms with Crippen LogP contribution in [0.25, 0.3) is 0 Å². The van der Waals surface area contributed by atoms with Gasteiger partial charge in [0.2, 0.25) is 0 Å². The van der Waals surface area contributed by atoms with Crippen LogP contribution in [0.3, 0.4) is 0 Å². The van der Waals surface area contributed by atoms with Crippen molar-refractivity contribution >= 4 is 17.9 Å². The zero-order valence-corrected chi connectivity index (χ0v) is 28.7. The molecule has 0 aromatic carbocycles. The van der Waals surface area contributed by atoms with Gasteiger partial charge in [0.25, 0.3) is 0 Å². The zero-order valence-electron chi connectivity index (χ0n) is 28.7. The van der Waals surface area contributed by atoms with Crippen LogP contribution in [-0.4, -0.2) is 119 Å². The molecule has 4 heterocycles. The predicted octanol–water partition coefficient (Wildman–Crippen LogP) is 2.57. The Balaban J connectivity index is 1.80. The number of carbonyl (C=O) groups excluding carboxylic acids is 3. The maximum Gasteiger partial charge on any atom is 0.306 e. The molecular weight excluding hydrogens is 632 g/mol. The number of fused-ring (bicyclic) bond motifs is 20. The summed E-state index contributed by atoms with van der Waals surface area (Å²) in [6.07, 6.45) is -0.652. The Hall–Kier alpha value is -1.91.